The molecule has 2 aromatic carbocycles. The normalized spacial score (nSPS) is 11.9. The van der Waals surface area contributed by atoms with Gasteiger partial charge < -0.3 is 5.32 Å². The first-order valence-corrected chi connectivity index (χ1v) is 9.51. The molecule has 0 aliphatic rings. The highest BCUT2D eigenvalue weighted by atomic mass is 35.5. The maximum atomic E-state index is 12.8. The lowest BCUT2D eigenvalue weighted by Gasteiger charge is -2.15. The van der Waals surface area contributed by atoms with Gasteiger partial charge in [0.05, 0.1) is 11.6 Å². The molecule has 1 amide bonds. The van der Waals surface area contributed by atoms with Gasteiger partial charge in [0.2, 0.25) is 5.91 Å². The standard InChI is InChI=1S/C23H22ClN3O/c1-13-8-9-16(4)21-19(13)11-17(22(24)26-21)10-18(12-25)23(28)27-20-14(2)6-5-7-15(20)3/h5-9,11,18H,10H2,1-4H3,(H,27,28)/t18-/m0/s1. The summed E-state index contributed by atoms with van der Waals surface area (Å²) < 4.78 is 0. The van der Waals surface area contributed by atoms with Gasteiger partial charge in [0, 0.05) is 17.5 Å². The zero-order valence-corrected chi connectivity index (χ0v) is 17.2. The monoisotopic (exact) mass is 391 g/mol. The maximum absolute atomic E-state index is 12.8. The second-order valence-corrected chi connectivity index (χ2v) is 7.53. The van der Waals surface area contributed by atoms with Crippen LogP contribution in [0.2, 0.25) is 5.15 Å². The van der Waals surface area contributed by atoms with Crippen LogP contribution in [-0.4, -0.2) is 10.9 Å². The number of halogens is 1. The zero-order valence-electron chi connectivity index (χ0n) is 16.4. The van der Waals surface area contributed by atoms with Crippen LogP contribution >= 0.6 is 11.6 Å². The molecule has 0 saturated carbocycles. The number of benzene rings is 2. The van der Waals surface area contributed by atoms with Crippen LogP contribution in [0.5, 0.6) is 0 Å². The van der Waals surface area contributed by atoms with Crippen molar-refractivity contribution < 1.29 is 4.79 Å². The predicted molar refractivity (Wildman–Crippen MR) is 114 cm³/mol. The van der Waals surface area contributed by atoms with Gasteiger partial charge in [-0.1, -0.05) is 41.9 Å². The largest absolute Gasteiger partial charge is 0.324 e. The molecule has 5 heteroatoms. The van der Waals surface area contributed by atoms with Crippen molar-refractivity contribution in [2.24, 2.45) is 5.92 Å². The summed E-state index contributed by atoms with van der Waals surface area (Å²) in [5.41, 5.74) is 6.34. The van der Waals surface area contributed by atoms with Gasteiger partial charge in [-0.05, 0) is 61.6 Å². The minimum absolute atomic E-state index is 0.211. The molecular formula is C23H22ClN3O. The van der Waals surface area contributed by atoms with Crippen molar-refractivity contribution >= 4 is 34.1 Å². The lowest BCUT2D eigenvalue weighted by atomic mass is 9.97. The van der Waals surface area contributed by atoms with Gasteiger partial charge in [0.25, 0.3) is 0 Å². The molecule has 1 atom stereocenters. The van der Waals surface area contributed by atoms with Gasteiger partial charge in [-0.3, -0.25) is 4.79 Å². The summed E-state index contributed by atoms with van der Waals surface area (Å²) in [4.78, 5) is 17.3. The first-order chi connectivity index (χ1) is 13.3. The second kappa shape index (κ2) is 8.00. The molecule has 0 radical (unpaired) electrons. The fraction of sp³-hybridized carbons (Fsp3) is 0.261. The molecule has 0 bridgehead atoms. The number of aromatic nitrogens is 1. The molecule has 1 heterocycles. The first-order valence-electron chi connectivity index (χ1n) is 9.14. The molecule has 0 spiro atoms. The smallest absolute Gasteiger partial charge is 0.242 e. The van der Waals surface area contributed by atoms with Crippen molar-refractivity contribution in [2.75, 3.05) is 5.32 Å². The molecule has 1 aromatic heterocycles. The summed E-state index contributed by atoms with van der Waals surface area (Å²) in [7, 11) is 0. The molecule has 28 heavy (non-hydrogen) atoms. The van der Waals surface area contributed by atoms with Crippen molar-refractivity contribution in [3.05, 3.63) is 69.4 Å². The van der Waals surface area contributed by atoms with Crippen LogP contribution in [0, 0.1) is 44.9 Å². The molecule has 0 aliphatic heterocycles. The third-order valence-corrected chi connectivity index (χ3v) is 5.38. The number of pyridine rings is 1. The topological polar surface area (TPSA) is 65.8 Å². The lowest BCUT2D eigenvalue weighted by Crippen LogP contribution is -2.24. The molecule has 4 nitrogen and oxygen atoms in total. The zero-order chi connectivity index (χ0) is 20.4. The number of aryl methyl sites for hydroxylation is 4. The van der Waals surface area contributed by atoms with Gasteiger partial charge in [-0.15, -0.1) is 0 Å². The molecule has 1 N–H and O–H groups in total. The van der Waals surface area contributed by atoms with Crippen molar-refractivity contribution in [1.82, 2.24) is 4.98 Å². The second-order valence-electron chi connectivity index (χ2n) is 7.18. The minimum atomic E-state index is -0.860. The van der Waals surface area contributed by atoms with Gasteiger partial charge >= 0.3 is 0 Å². The molecule has 3 rings (SSSR count). The highest BCUT2D eigenvalue weighted by Crippen LogP contribution is 2.28. The van der Waals surface area contributed by atoms with E-state index in [9.17, 15) is 10.1 Å². The predicted octanol–water partition coefficient (Wildman–Crippen LogP) is 5.44. The summed E-state index contributed by atoms with van der Waals surface area (Å²) in [5.74, 6) is -1.20. The van der Waals surface area contributed by atoms with Crippen molar-refractivity contribution in [3.63, 3.8) is 0 Å². The molecule has 142 valence electrons. The van der Waals surface area contributed by atoms with Gasteiger partial charge in [-0.25, -0.2) is 4.98 Å². The van der Waals surface area contributed by atoms with E-state index in [0.717, 1.165) is 38.8 Å². The van der Waals surface area contributed by atoms with E-state index in [1.54, 1.807) is 0 Å². The number of rotatable bonds is 4. The molecular weight excluding hydrogens is 370 g/mol. The number of amides is 1. The van der Waals surface area contributed by atoms with Crippen LogP contribution < -0.4 is 5.32 Å². The fourth-order valence-electron chi connectivity index (χ4n) is 3.33. The number of anilines is 1. The van der Waals surface area contributed by atoms with E-state index in [4.69, 9.17) is 11.6 Å². The SMILES string of the molecule is Cc1cccc(C)c1NC(=O)[C@H](C#N)Cc1cc2c(C)ccc(C)c2nc1Cl. The van der Waals surface area contributed by atoms with Crippen LogP contribution in [0.4, 0.5) is 5.69 Å². The number of nitriles is 1. The third-order valence-electron chi connectivity index (χ3n) is 5.06. The Morgan fingerprint density at radius 1 is 1.11 bits per heavy atom. The molecule has 0 unspecified atom stereocenters. The Morgan fingerprint density at radius 2 is 1.75 bits per heavy atom. The number of hydrogen-bond acceptors (Lipinski definition) is 3. The highest BCUT2D eigenvalue weighted by Gasteiger charge is 2.22. The highest BCUT2D eigenvalue weighted by molar-refractivity contribution is 6.30. The average molecular weight is 392 g/mol. The number of nitrogens with zero attached hydrogens (tertiary/aromatic N) is 2. The Kier molecular flexibility index (Phi) is 5.67. The Labute approximate surface area is 170 Å². The summed E-state index contributed by atoms with van der Waals surface area (Å²) in [6.45, 7) is 7.86. The van der Waals surface area contributed by atoms with Gasteiger partial charge in [0.15, 0.2) is 0 Å². The van der Waals surface area contributed by atoms with E-state index >= 15 is 0 Å². The van der Waals surface area contributed by atoms with E-state index < -0.39 is 5.92 Å². The summed E-state index contributed by atoms with van der Waals surface area (Å²) in [6, 6.07) is 13.9. The van der Waals surface area contributed by atoms with E-state index in [-0.39, 0.29) is 12.3 Å². The Balaban J connectivity index is 1.91. The van der Waals surface area contributed by atoms with Gasteiger partial charge in [0.1, 0.15) is 11.1 Å². The summed E-state index contributed by atoms with van der Waals surface area (Å²) in [5, 5.41) is 13.8. The Hall–Kier alpha value is -2.90. The van der Waals surface area contributed by atoms with Crippen LogP contribution in [0.25, 0.3) is 10.9 Å². The lowest BCUT2D eigenvalue weighted by molar-refractivity contribution is -0.118. The fourth-order valence-corrected chi connectivity index (χ4v) is 3.55. The van der Waals surface area contributed by atoms with E-state index in [0.29, 0.717) is 10.7 Å². The number of hydrogen-bond donors (Lipinski definition) is 1. The van der Waals surface area contributed by atoms with Crippen molar-refractivity contribution in [1.29, 1.82) is 5.26 Å². The van der Waals surface area contributed by atoms with Crippen LogP contribution in [0.1, 0.15) is 27.8 Å². The molecule has 0 aliphatic carbocycles. The van der Waals surface area contributed by atoms with Crippen molar-refractivity contribution in [2.45, 2.75) is 34.1 Å². The summed E-state index contributed by atoms with van der Waals surface area (Å²) >= 11 is 6.39. The number of carbonyl (C=O) groups excluding carboxylic acids is 1. The number of fused-ring (bicyclic) bond motifs is 1. The van der Waals surface area contributed by atoms with Crippen LogP contribution in [0.15, 0.2) is 36.4 Å². The maximum Gasteiger partial charge on any atom is 0.242 e. The summed E-state index contributed by atoms with van der Waals surface area (Å²) in [6.07, 6.45) is 0.211. The van der Waals surface area contributed by atoms with E-state index in [1.807, 2.05) is 64.1 Å². The van der Waals surface area contributed by atoms with Gasteiger partial charge in [-0.2, -0.15) is 5.26 Å². The van der Waals surface area contributed by atoms with E-state index in [2.05, 4.69) is 16.4 Å². The number of para-hydroxylation sites is 1. The van der Waals surface area contributed by atoms with Crippen LogP contribution in [0.3, 0.4) is 0 Å². The Morgan fingerprint density at radius 3 is 2.39 bits per heavy atom. The molecule has 0 fully saturated rings. The molecule has 3 aromatic rings. The minimum Gasteiger partial charge on any atom is -0.324 e. The third kappa shape index (κ3) is 3.85. The van der Waals surface area contributed by atoms with Crippen molar-refractivity contribution in [3.8, 4) is 6.07 Å². The van der Waals surface area contributed by atoms with Crippen LogP contribution in [-0.2, 0) is 11.2 Å². The first kappa shape index (κ1) is 19.9. The average Bonchev–Trinajstić information content (AvgIpc) is 2.66. The van der Waals surface area contributed by atoms with E-state index in [1.165, 1.54) is 0 Å². The Bertz CT molecular complexity index is 1090. The number of carbonyl (C=O) groups is 1. The molecule has 0 saturated heterocycles. The quantitative estimate of drug-likeness (QED) is 0.602. The number of nitrogens with one attached hydrogen (secondary N) is 1.